The Kier molecular flexibility index (Phi) is 5.85. The van der Waals surface area contributed by atoms with Gasteiger partial charge in [0.25, 0.3) is 0 Å². The molecule has 0 aliphatic heterocycles. The number of hydrogen-bond donors (Lipinski definition) is 1. The van der Waals surface area contributed by atoms with Gasteiger partial charge in [-0.05, 0) is 36.9 Å². The first-order valence-electron chi connectivity index (χ1n) is 6.94. The van der Waals surface area contributed by atoms with Gasteiger partial charge in [-0.15, -0.1) is 0 Å². The maximum absolute atomic E-state index is 14.1. The molecule has 2 N–H and O–H groups in total. The van der Waals surface area contributed by atoms with Gasteiger partial charge in [0.2, 0.25) is 0 Å². The third kappa shape index (κ3) is 4.09. The summed E-state index contributed by atoms with van der Waals surface area (Å²) >= 11 is 3.39. The van der Waals surface area contributed by atoms with E-state index in [9.17, 15) is 4.39 Å². The lowest BCUT2D eigenvalue weighted by Gasteiger charge is -2.30. The molecule has 1 atom stereocenters. The second-order valence-electron chi connectivity index (χ2n) is 4.80. The number of hydrogen-bond acceptors (Lipinski definition) is 3. The highest BCUT2D eigenvalue weighted by atomic mass is 79.9. The van der Waals surface area contributed by atoms with Crippen molar-refractivity contribution >= 4 is 15.9 Å². The fraction of sp³-hybridized carbons (Fsp3) is 0.312. The van der Waals surface area contributed by atoms with Crippen molar-refractivity contribution in [3.05, 3.63) is 64.1 Å². The summed E-state index contributed by atoms with van der Waals surface area (Å²) in [5, 5.41) is 0. The van der Waals surface area contributed by atoms with Crippen LogP contribution < -0.4 is 5.73 Å². The monoisotopic (exact) mass is 351 g/mol. The fourth-order valence-corrected chi connectivity index (χ4v) is 2.76. The molecule has 0 aliphatic rings. The summed E-state index contributed by atoms with van der Waals surface area (Å²) in [7, 11) is 0. The molecule has 0 bridgehead atoms. The highest BCUT2D eigenvalue weighted by Crippen LogP contribution is 2.26. The van der Waals surface area contributed by atoms with Crippen LogP contribution in [0.5, 0.6) is 0 Å². The summed E-state index contributed by atoms with van der Waals surface area (Å²) in [5.74, 6) is -0.229. The van der Waals surface area contributed by atoms with E-state index >= 15 is 0 Å². The van der Waals surface area contributed by atoms with Gasteiger partial charge in [-0.2, -0.15) is 0 Å². The van der Waals surface area contributed by atoms with Crippen LogP contribution in [-0.4, -0.2) is 23.0 Å². The third-order valence-electron chi connectivity index (χ3n) is 3.48. The lowest BCUT2D eigenvalue weighted by atomic mass is 10.0. The molecule has 0 fully saturated rings. The van der Waals surface area contributed by atoms with Gasteiger partial charge in [0.1, 0.15) is 5.82 Å². The summed E-state index contributed by atoms with van der Waals surface area (Å²) in [4.78, 5) is 6.46. The molecule has 1 heterocycles. The van der Waals surface area contributed by atoms with E-state index in [0.29, 0.717) is 18.7 Å². The minimum atomic E-state index is -0.229. The Hall–Kier alpha value is -1.30. The Morgan fingerprint density at radius 3 is 2.76 bits per heavy atom. The topological polar surface area (TPSA) is 42.2 Å². The minimum Gasteiger partial charge on any atom is -0.329 e. The fourth-order valence-electron chi connectivity index (χ4n) is 2.38. The zero-order chi connectivity index (χ0) is 15.2. The number of rotatable bonds is 6. The van der Waals surface area contributed by atoms with Gasteiger partial charge in [-0.3, -0.25) is 9.88 Å². The van der Waals surface area contributed by atoms with Crippen molar-refractivity contribution in [2.45, 2.75) is 19.5 Å². The number of benzene rings is 1. The third-order valence-corrected chi connectivity index (χ3v) is 3.97. The van der Waals surface area contributed by atoms with Crippen molar-refractivity contribution in [2.24, 2.45) is 5.73 Å². The van der Waals surface area contributed by atoms with Crippen molar-refractivity contribution in [2.75, 3.05) is 13.1 Å². The van der Waals surface area contributed by atoms with Crippen LogP contribution in [-0.2, 0) is 6.54 Å². The van der Waals surface area contributed by atoms with E-state index < -0.39 is 0 Å². The lowest BCUT2D eigenvalue weighted by Crippen LogP contribution is -2.34. The van der Waals surface area contributed by atoms with Crippen LogP contribution in [0.3, 0.4) is 0 Å². The van der Waals surface area contributed by atoms with Crippen LogP contribution in [0.1, 0.15) is 24.2 Å². The number of pyridine rings is 1. The average Bonchev–Trinajstić information content (AvgIpc) is 2.51. The van der Waals surface area contributed by atoms with E-state index in [1.807, 2.05) is 25.1 Å². The lowest BCUT2D eigenvalue weighted by molar-refractivity contribution is 0.197. The van der Waals surface area contributed by atoms with Crippen molar-refractivity contribution in [3.63, 3.8) is 0 Å². The van der Waals surface area contributed by atoms with E-state index in [1.54, 1.807) is 18.3 Å². The Morgan fingerprint density at radius 2 is 2.14 bits per heavy atom. The van der Waals surface area contributed by atoms with E-state index in [0.717, 1.165) is 16.7 Å². The zero-order valence-corrected chi connectivity index (χ0v) is 13.6. The smallest absolute Gasteiger partial charge is 0.128 e. The largest absolute Gasteiger partial charge is 0.329 e. The molecule has 2 rings (SSSR count). The van der Waals surface area contributed by atoms with E-state index in [-0.39, 0.29) is 11.9 Å². The second-order valence-corrected chi connectivity index (χ2v) is 5.72. The molecule has 1 aromatic carbocycles. The Labute approximate surface area is 133 Å². The summed E-state index contributed by atoms with van der Waals surface area (Å²) in [5.41, 5.74) is 7.48. The molecule has 0 saturated carbocycles. The Balaban J connectivity index is 2.27. The molecule has 0 spiro atoms. The molecule has 0 amide bonds. The average molecular weight is 352 g/mol. The summed E-state index contributed by atoms with van der Waals surface area (Å²) in [6.45, 7) is 3.81. The molecule has 3 nitrogen and oxygen atoms in total. The van der Waals surface area contributed by atoms with Gasteiger partial charge in [-0.1, -0.05) is 28.9 Å². The number of nitrogens with two attached hydrogens (primary N) is 1. The highest BCUT2D eigenvalue weighted by molar-refractivity contribution is 9.10. The van der Waals surface area contributed by atoms with Crippen molar-refractivity contribution in [1.29, 1.82) is 0 Å². The summed E-state index contributed by atoms with van der Waals surface area (Å²) < 4.78 is 15.0. The molecule has 0 aliphatic carbocycles. The predicted molar refractivity (Wildman–Crippen MR) is 86.2 cm³/mol. The molecular weight excluding hydrogens is 333 g/mol. The molecule has 2 aromatic rings. The molecule has 1 aromatic heterocycles. The van der Waals surface area contributed by atoms with Gasteiger partial charge in [-0.25, -0.2) is 4.39 Å². The number of halogens is 2. The normalized spacial score (nSPS) is 12.6. The SMILES string of the molecule is CCN(Cc1ccccn1)C(CN)c1cc(Br)ccc1F. The van der Waals surface area contributed by atoms with Crippen molar-refractivity contribution in [1.82, 2.24) is 9.88 Å². The van der Waals surface area contributed by atoms with Gasteiger partial charge in [0.15, 0.2) is 0 Å². The van der Waals surface area contributed by atoms with Crippen molar-refractivity contribution in [3.8, 4) is 0 Å². The summed E-state index contributed by atoms with van der Waals surface area (Å²) in [6, 6.07) is 10.6. The van der Waals surface area contributed by atoms with Crippen LogP contribution in [0.15, 0.2) is 47.1 Å². The maximum Gasteiger partial charge on any atom is 0.128 e. The zero-order valence-electron chi connectivity index (χ0n) is 12.0. The molecule has 112 valence electrons. The van der Waals surface area contributed by atoms with Crippen LogP contribution >= 0.6 is 15.9 Å². The number of nitrogens with zero attached hydrogens (tertiary/aromatic N) is 2. The molecule has 0 radical (unpaired) electrons. The van der Waals surface area contributed by atoms with E-state index in [4.69, 9.17) is 5.73 Å². The molecule has 5 heteroatoms. The first-order chi connectivity index (χ1) is 10.2. The molecule has 1 unspecified atom stereocenters. The van der Waals surface area contributed by atoms with Crippen LogP contribution in [0.2, 0.25) is 0 Å². The minimum absolute atomic E-state index is 0.172. The predicted octanol–water partition coefficient (Wildman–Crippen LogP) is 3.51. The van der Waals surface area contributed by atoms with Gasteiger partial charge in [0, 0.05) is 29.3 Å². The first-order valence-corrected chi connectivity index (χ1v) is 7.74. The molecule has 0 saturated heterocycles. The number of likely N-dealkylation sites (N-methyl/N-ethyl adjacent to an activating group) is 1. The van der Waals surface area contributed by atoms with Crippen LogP contribution in [0.25, 0.3) is 0 Å². The van der Waals surface area contributed by atoms with Crippen LogP contribution in [0.4, 0.5) is 4.39 Å². The van der Waals surface area contributed by atoms with Gasteiger partial charge < -0.3 is 5.73 Å². The quantitative estimate of drug-likeness (QED) is 0.865. The Bertz CT molecular complexity index is 577. The molecule has 21 heavy (non-hydrogen) atoms. The first kappa shape index (κ1) is 16.1. The van der Waals surface area contributed by atoms with Crippen LogP contribution in [0, 0.1) is 5.82 Å². The standard InChI is InChI=1S/C16H19BrFN3/c1-2-21(11-13-5-3-4-8-20-13)16(10-19)14-9-12(17)6-7-15(14)18/h3-9,16H,2,10-11,19H2,1H3. The summed E-state index contributed by atoms with van der Waals surface area (Å²) in [6.07, 6.45) is 1.76. The van der Waals surface area contributed by atoms with Gasteiger partial charge in [0.05, 0.1) is 11.7 Å². The molecular formula is C16H19BrFN3. The van der Waals surface area contributed by atoms with E-state index in [2.05, 4.69) is 25.8 Å². The Morgan fingerprint density at radius 1 is 1.33 bits per heavy atom. The number of aromatic nitrogens is 1. The van der Waals surface area contributed by atoms with E-state index in [1.165, 1.54) is 6.07 Å². The second kappa shape index (κ2) is 7.64. The maximum atomic E-state index is 14.1. The van der Waals surface area contributed by atoms with Gasteiger partial charge >= 0.3 is 0 Å². The van der Waals surface area contributed by atoms with Crippen molar-refractivity contribution < 1.29 is 4.39 Å². The highest BCUT2D eigenvalue weighted by Gasteiger charge is 2.21.